The minimum absolute atomic E-state index is 0.282. The van der Waals surface area contributed by atoms with E-state index in [4.69, 9.17) is 0 Å². The Labute approximate surface area is 182 Å². The average Bonchev–Trinajstić information content (AvgIpc) is 3.17. The highest BCUT2D eigenvalue weighted by Gasteiger charge is 2.16. The Morgan fingerprint density at radius 3 is 2.48 bits per heavy atom. The van der Waals surface area contributed by atoms with Gasteiger partial charge in [0.2, 0.25) is 0 Å². The zero-order valence-corrected chi connectivity index (χ0v) is 18.8. The summed E-state index contributed by atoms with van der Waals surface area (Å²) in [5, 5.41) is 4.23. The molecule has 0 unspecified atom stereocenters. The number of aromatic nitrogens is 3. The van der Waals surface area contributed by atoms with Crippen molar-refractivity contribution in [1.29, 1.82) is 0 Å². The van der Waals surface area contributed by atoms with Crippen molar-refractivity contribution in [1.82, 2.24) is 19.4 Å². The summed E-state index contributed by atoms with van der Waals surface area (Å²) in [6.45, 7) is 12.2. The molecule has 4 rings (SSSR count). The van der Waals surface area contributed by atoms with Crippen molar-refractivity contribution >= 4 is 17.8 Å². The zero-order valence-electron chi connectivity index (χ0n) is 18.8. The molecule has 6 nitrogen and oxygen atoms in total. The Balaban J connectivity index is 1.60. The number of hydrogen-bond donors (Lipinski definition) is 1. The van der Waals surface area contributed by atoms with Crippen LogP contribution in [0.3, 0.4) is 0 Å². The Bertz CT molecular complexity index is 1340. The monoisotopic (exact) mass is 413 g/mol. The number of carbonyl (C=O) groups is 1. The van der Waals surface area contributed by atoms with E-state index < -0.39 is 0 Å². The molecule has 3 heterocycles. The molecule has 0 saturated heterocycles. The second-order valence-electron chi connectivity index (χ2n) is 8.13. The Hall–Kier alpha value is -3.67. The number of imidazole rings is 1. The predicted octanol–water partition coefficient (Wildman–Crippen LogP) is 4.74. The third-order valence-corrected chi connectivity index (χ3v) is 5.59. The first-order chi connectivity index (χ1) is 14.8. The van der Waals surface area contributed by atoms with Crippen molar-refractivity contribution in [2.75, 3.05) is 0 Å². The van der Waals surface area contributed by atoms with E-state index in [1.165, 1.54) is 11.1 Å². The molecule has 0 aliphatic carbocycles. The SMILES string of the molecule is Cc1ccc(-n2c(C)cc(/C=N\NC(=O)c3c(C)nc4ccc(C)cn34)c2C)c(C)c1. The van der Waals surface area contributed by atoms with Gasteiger partial charge in [0, 0.05) is 28.8 Å². The van der Waals surface area contributed by atoms with E-state index in [1.54, 1.807) is 6.21 Å². The molecule has 0 radical (unpaired) electrons. The molecule has 0 atom stereocenters. The highest BCUT2D eigenvalue weighted by Crippen LogP contribution is 2.23. The molecule has 0 aliphatic rings. The molecular weight excluding hydrogens is 386 g/mol. The van der Waals surface area contributed by atoms with Gasteiger partial charge in [-0.25, -0.2) is 10.4 Å². The molecule has 3 aromatic heterocycles. The van der Waals surface area contributed by atoms with Crippen LogP contribution in [-0.4, -0.2) is 26.1 Å². The number of nitrogens with zero attached hydrogens (tertiary/aromatic N) is 4. The number of hydrazone groups is 1. The summed E-state index contributed by atoms with van der Waals surface area (Å²) >= 11 is 0. The van der Waals surface area contributed by atoms with Crippen LogP contribution in [0, 0.1) is 41.5 Å². The van der Waals surface area contributed by atoms with Gasteiger partial charge < -0.3 is 4.57 Å². The number of aryl methyl sites for hydroxylation is 5. The maximum absolute atomic E-state index is 12.8. The summed E-state index contributed by atoms with van der Waals surface area (Å²) in [5.41, 5.74) is 12.4. The largest absolute Gasteiger partial charge is 0.318 e. The number of rotatable bonds is 4. The normalized spacial score (nSPS) is 11.5. The fourth-order valence-electron chi connectivity index (χ4n) is 4.10. The molecule has 0 saturated carbocycles. The smallest absolute Gasteiger partial charge is 0.290 e. The van der Waals surface area contributed by atoms with Crippen LogP contribution in [0.2, 0.25) is 0 Å². The van der Waals surface area contributed by atoms with Crippen LogP contribution in [0.4, 0.5) is 0 Å². The molecule has 1 N–H and O–H groups in total. The highest BCUT2D eigenvalue weighted by molar-refractivity contribution is 5.95. The number of nitrogens with one attached hydrogen (secondary N) is 1. The summed E-state index contributed by atoms with van der Waals surface area (Å²) < 4.78 is 4.02. The minimum Gasteiger partial charge on any atom is -0.318 e. The molecule has 31 heavy (non-hydrogen) atoms. The van der Waals surface area contributed by atoms with E-state index in [0.717, 1.165) is 33.8 Å². The summed E-state index contributed by atoms with van der Waals surface area (Å²) in [6.07, 6.45) is 3.61. The molecule has 0 fully saturated rings. The standard InChI is InChI=1S/C25H27N5O/c1-15-7-9-22(17(3)11-15)30-18(4)12-21(20(30)6)13-26-28-25(31)24-19(5)27-23-10-8-16(2)14-29(23)24/h7-14H,1-6H3,(H,28,31)/b26-13-. The number of carbonyl (C=O) groups excluding carboxylic acids is 1. The van der Waals surface area contributed by atoms with Crippen LogP contribution < -0.4 is 5.43 Å². The van der Waals surface area contributed by atoms with E-state index >= 15 is 0 Å². The van der Waals surface area contributed by atoms with E-state index in [-0.39, 0.29) is 5.91 Å². The second-order valence-corrected chi connectivity index (χ2v) is 8.13. The molecule has 158 valence electrons. The lowest BCUT2D eigenvalue weighted by molar-refractivity contribution is 0.0948. The molecule has 4 aromatic rings. The fourth-order valence-corrected chi connectivity index (χ4v) is 4.10. The van der Waals surface area contributed by atoms with E-state index in [1.807, 2.05) is 36.6 Å². The van der Waals surface area contributed by atoms with Crippen molar-refractivity contribution in [2.45, 2.75) is 41.5 Å². The lowest BCUT2D eigenvalue weighted by Crippen LogP contribution is -2.20. The lowest BCUT2D eigenvalue weighted by Gasteiger charge is -2.13. The zero-order chi connectivity index (χ0) is 22.3. The molecule has 0 aliphatic heterocycles. The highest BCUT2D eigenvalue weighted by atomic mass is 16.2. The maximum atomic E-state index is 12.8. The number of pyridine rings is 1. The van der Waals surface area contributed by atoms with Gasteiger partial charge in [0.1, 0.15) is 11.3 Å². The summed E-state index contributed by atoms with van der Waals surface area (Å²) in [7, 11) is 0. The third-order valence-electron chi connectivity index (χ3n) is 5.59. The molecule has 0 bridgehead atoms. The first kappa shape index (κ1) is 20.6. The lowest BCUT2D eigenvalue weighted by atomic mass is 10.1. The number of hydrogen-bond acceptors (Lipinski definition) is 3. The fraction of sp³-hybridized carbons (Fsp3) is 0.240. The summed E-state index contributed by atoms with van der Waals surface area (Å²) in [5.74, 6) is -0.282. The Morgan fingerprint density at radius 1 is 1.00 bits per heavy atom. The van der Waals surface area contributed by atoms with Gasteiger partial charge in [-0.05, 0) is 70.9 Å². The van der Waals surface area contributed by atoms with Crippen molar-refractivity contribution in [3.63, 3.8) is 0 Å². The molecule has 0 spiro atoms. The van der Waals surface area contributed by atoms with Gasteiger partial charge in [0.15, 0.2) is 0 Å². The van der Waals surface area contributed by atoms with Gasteiger partial charge in [-0.2, -0.15) is 5.10 Å². The van der Waals surface area contributed by atoms with Gasteiger partial charge in [-0.1, -0.05) is 23.8 Å². The first-order valence-electron chi connectivity index (χ1n) is 10.3. The minimum atomic E-state index is -0.282. The van der Waals surface area contributed by atoms with Crippen LogP contribution >= 0.6 is 0 Å². The van der Waals surface area contributed by atoms with Crippen molar-refractivity contribution in [3.05, 3.63) is 87.6 Å². The van der Waals surface area contributed by atoms with E-state index in [2.05, 4.69) is 72.0 Å². The van der Waals surface area contributed by atoms with Crippen LogP contribution in [0.1, 0.15) is 49.8 Å². The topological polar surface area (TPSA) is 63.7 Å². The molecular formula is C25H27N5O. The number of benzene rings is 1. The van der Waals surface area contributed by atoms with Gasteiger partial charge >= 0.3 is 0 Å². The maximum Gasteiger partial charge on any atom is 0.290 e. The third kappa shape index (κ3) is 3.77. The van der Waals surface area contributed by atoms with Crippen molar-refractivity contribution in [3.8, 4) is 5.69 Å². The van der Waals surface area contributed by atoms with Gasteiger partial charge in [0.25, 0.3) is 5.91 Å². The van der Waals surface area contributed by atoms with Crippen LogP contribution in [0.15, 0.2) is 47.7 Å². The van der Waals surface area contributed by atoms with Crippen LogP contribution in [0.5, 0.6) is 0 Å². The van der Waals surface area contributed by atoms with E-state index in [0.29, 0.717) is 11.4 Å². The van der Waals surface area contributed by atoms with Crippen molar-refractivity contribution in [2.24, 2.45) is 5.10 Å². The summed E-state index contributed by atoms with van der Waals surface area (Å²) in [4.78, 5) is 17.3. The van der Waals surface area contributed by atoms with Crippen molar-refractivity contribution < 1.29 is 4.79 Å². The molecule has 1 amide bonds. The average molecular weight is 414 g/mol. The van der Waals surface area contributed by atoms with Crippen LogP contribution in [0.25, 0.3) is 11.3 Å². The Morgan fingerprint density at radius 2 is 1.74 bits per heavy atom. The summed E-state index contributed by atoms with van der Waals surface area (Å²) in [6, 6.07) is 12.4. The van der Waals surface area contributed by atoms with Gasteiger partial charge in [-0.15, -0.1) is 0 Å². The first-order valence-corrected chi connectivity index (χ1v) is 10.3. The van der Waals surface area contributed by atoms with Gasteiger partial charge in [-0.3, -0.25) is 9.20 Å². The molecule has 1 aromatic carbocycles. The Kier molecular flexibility index (Phi) is 5.23. The second kappa shape index (κ2) is 7.87. The number of amides is 1. The quantitative estimate of drug-likeness (QED) is 0.388. The molecule has 6 heteroatoms. The van der Waals surface area contributed by atoms with E-state index in [9.17, 15) is 4.79 Å². The van der Waals surface area contributed by atoms with Gasteiger partial charge in [0.05, 0.1) is 11.9 Å². The number of fused-ring (bicyclic) bond motifs is 1. The predicted molar refractivity (Wildman–Crippen MR) is 124 cm³/mol. The van der Waals surface area contributed by atoms with Crippen LogP contribution in [-0.2, 0) is 0 Å².